The van der Waals surface area contributed by atoms with Crippen LogP contribution in [-0.4, -0.2) is 35.7 Å². The van der Waals surface area contributed by atoms with Gasteiger partial charge in [0.25, 0.3) is 0 Å². The Labute approximate surface area is 146 Å². The summed E-state index contributed by atoms with van der Waals surface area (Å²) in [4.78, 5) is 12.8. The quantitative estimate of drug-likeness (QED) is 0.714. The van der Waals surface area contributed by atoms with Crippen LogP contribution in [0.1, 0.15) is 5.56 Å². The van der Waals surface area contributed by atoms with Gasteiger partial charge in [-0.2, -0.15) is 0 Å². The maximum Gasteiger partial charge on any atom is 0.223 e. The second-order valence-corrected chi connectivity index (χ2v) is 5.37. The Kier molecular flexibility index (Phi) is 5.41. The van der Waals surface area contributed by atoms with E-state index in [0.29, 0.717) is 5.95 Å². The summed E-state index contributed by atoms with van der Waals surface area (Å²) in [6.07, 6.45) is 6.08. The zero-order valence-corrected chi connectivity index (χ0v) is 14.3. The van der Waals surface area contributed by atoms with Gasteiger partial charge in [0.05, 0.1) is 19.9 Å². The number of hydrogen-bond donors (Lipinski definition) is 1. The van der Waals surface area contributed by atoms with Gasteiger partial charge in [-0.05, 0) is 42.3 Å². The van der Waals surface area contributed by atoms with Crippen LogP contribution in [0.2, 0.25) is 0 Å². The van der Waals surface area contributed by atoms with Crippen molar-refractivity contribution in [1.29, 1.82) is 0 Å². The van der Waals surface area contributed by atoms with Crippen LogP contribution in [-0.2, 0) is 6.42 Å². The fourth-order valence-electron chi connectivity index (χ4n) is 2.48. The predicted octanol–water partition coefficient (Wildman–Crippen LogP) is 3.21. The number of aromatic nitrogens is 3. The monoisotopic (exact) mass is 336 g/mol. The Morgan fingerprint density at radius 3 is 2.48 bits per heavy atom. The number of methoxy groups -OCH3 is 2. The molecule has 2 heterocycles. The molecule has 0 saturated carbocycles. The van der Waals surface area contributed by atoms with Gasteiger partial charge in [-0.25, -0.2) is 9.97 Å². The van der Waals surface area contributed by atoms with Crippen molar-refractivity contribution in [3.05, 3.63) is 60.6 Å². The smallest absolute Gasteiger partial charge is 0.223 e. The van der Waals surface area contributed by atoms with Gasteiger partial charge in [0, 0.05) is 30.7 Å². The van der Waals surface area contributed by atoms with Crippen molar-refractivity contribution in [2.75, 3.05) is 26.1 Å². The van der Waals surface area contributed by atoms with Gasteiger partial charge >= 0.3 is 0 Å². The maximum absolute atomic E-state index is 5.33. The first kappa shape index (κ1) is 16.7. The van der Waals surface area contributed by atoms with E-state index in [1.807, 2.05) is 36.4 Å². The highest BCUT2D eigenvalue weighted by Gasteiger charge is 2.05. The summed E-state index contributed by atoms with van der Waals surface area (Å²) in [6, 6.07) is 11.7. The predicted molar refractivity (Wildman–Crippen MR) is 97.0 cm³/mol. The standard InChI is InChI=1S/C19H20N4O2/c1-24-17-4-3-14(13-18(17)25-2)5-11-21-19-22-12-8-16(23-19)15-6-9-20-10-7-15/h3-4,6-10,12-13H,5,11H2,1-2H3,(H,21,22,23). The SMILES string of the molecule is COc1ccc(CCNc2nccc(-c3ccncc3)n2)cc1OC. The summed E-state index contributed by atoms with van der Waals surface area (Å²) in [6.45, 7) is 0.718. The Morgan fingerprint density at radius 1 is 0.920 bits per heavy atom. The molecular formula is C19H20N4O2. The van der Waals surface area contributed by atoms with E-state index >= 15 is 0 Å². The highest BCUT2D eigenvalue weighted by molar-refractivity contribution is 5.59. The third-order valence-corrected chi connectivity index (χ3v) is 3.78. The molecule has 128 valence electrons. The summed E-state index contributed by atoms with van der Waals surface area (Å²) in [7, 11) is 3.27. The lowest BCUT2D eigenvalue weighted by Crippen LogP contribution is -2.08. The van der Waals surface area contributed by atoms with Crippen molar-refractivity contribution < 1.29 is 9.47 Å². The van der Waals surface area contributed by atoms with E-state index < -0.39 is 0 Å². The minimum absolute atomic E-state index is 0.606. The number of ether oxygens (including phenoxy) is 2. The number of anilines is 1. The molecule has 1 aromatic carbocycles. The fourth-order valence-corrected chi connectivity index (χ4v) is 2.48. The lowest BCUT2D eigenvalue weighted by atomic mass is 10.1. The van der Waals surface area contributed by atoms with Gasteiger partial charge in [-0.1, -0.05) is 6.07 Å². The van der Waals surface area contributed by atoms with Crippen molar-refractivity contribution in [1.82, 2.24) is 15.0 Å². The van der Waals surface area contributed by atoms with Crippen molar-refractivity contribution in [2.24, 2.45) is 0 Å². The van der Waals surface area contributed by atoms with Crippen LogP contribution in [0, 0.1) is 0 Å². The Balaban J connectivity index is 1.63. The highest BCUT2D eigenvalue weighted by Crippen LogP contribution is 2.27. The number of rotatable bonds is 7. The molecule has 25 heavy (non-hydrogen) atoms. The van der Waals surface area contributed by atoms with Gasteiger partial charge in [0.15, 0.2) is 11.5 Å². The third kappa shape index (κ3) is 4.23. The van der Waals surface area contributed by atoms with Gasteiger partial charge in [0.1, 0.15) is 0 Å². The Hall–Kier alpha value is -3.15. The normalized spacial score (nSPS) is 10.3. The average molecular weight is 336 g/mol. The molecule has 0 spiro atoms. The van der Waals surface area contributed by atoms with Gasteiger partial charge in [0.2, 0.25) is 5.95 Å². The van der Waals surface area contributed by atoms with Crippen LogP contribution in [0.3, 0.4) is 0 Å². The molecule has 0 aliphatic carbocycles. The zero-order chi connectivity index (χ0) is 17.5. The molecule has 0 saturated heterocycles. The molecule has 0 bridgehead atoms. The topological polar surface area (TPSA) is 69.2 Å². The summed E-state index contributed by atoms with van der Waals surface area (Å²) in [5, 5.41) is 3.26. The van der Waals surface area contributed by atoms with Gasteiger partial charge in [-0.3, -0.25) is 4.98 Å². The zero-order valence-electron chi connectivity index (χ0n) is 14.3. The first-order valence-corrected chi connectivity index (χ1v) is 7.98. The minimum atomic E-state index is 0.606. The number of nitrogens with zero attached hydrogens (tertiary/aromatic N) is 3. The largest absolute Gasteiger partial charge is 0.493 e. The van der Waals surface area contributed by atoms with E-state index in [4.69, 9.17) is 9.47 Å². The van der Waals surface area contributed by atoms with Gasteiger partial charge in [-0.15, -0.1) is 0 Å². The molecule has 0 aliphatic rings. The van der Waals surface area contributed by atoms with Crippen molar-refractivity contribution in [3.63, 3.8) is 0 Å². The highest BCUT2D eigenvalue weighted by atomic mass is 16.5. The van der Waals surface area contributed by atoms with Crippen molar-refractivity contribution in [2.45, 2.75) is 6.42 Å². The van der Waals surface area contributed by atoms with Crippen molar-refractivity contribution in [3.8, 4) is 22.8 Å². The van der Waals surface area contributed by atoms with Crippen molar-refractivity contribution >= 4 is 5.95 Å². The lowest BCUT2D eigenvalue weighted by Gasteiger charge is -2.10. The molecule has 0 atom stereocenters. The Morgan fingerprint density at radius 2 is 1.72 bits per heavy atom. The lowest BCUT2D eigenvalue weighted by molar-refractivity contribution is 0.354. The molecule has 1 N–H and O–H groups in total. The maximum atomic E-state index is 5.33. The van der Waals surface area contributed by atoms with E-state index in [1.54, 1.807) is 32.8 Å². The molecule has 0 fully saturated rings. The van der Waals surface area contributed by atoms with Crippen LogP contribution >= 0.6 is 0 Å². The van der Waals surface area contributed by atoms with Crippen LogP contribution in [0.15, 0.2) is 55.0 Å². The molecule has 0 radical (unpaired) electrons. The van der Waals surface area contributed by atoms with Crippen LogP contribution in [0.4, 0.5) is 5.95 Å². The first-order valence-electron chi connectivity index (χ1n) is 7.98. The number of pyridine rings is 1. The summed E-state index contributed by atoms with van der Waals surface area (Å²) >= 11 is 0. The number of nitrogens with one attached hydrogen (secondary N) is 1. The summed E-state index contributed by atoms with van der Waals surface area (Å²) < 4.78 is 10.6. The molecule has 3 rings (SSSR count). The number of hydrogen-bond acceptors (Lipinski definition) is 6. The molecule has 0 amide bonds. The molecule has 2 aromatic heterocycles. The molecule has 0 aliphatic heterocycles. The second kappa shape index (κ2) is 8.10. The fraction of sp³-hybridized carbons (Fsp3) is 0.211. The van der Waals surface area contributed by atoms with Crippen LogP contribution in [0.5, 0.6) is 11.5 Å². The minimum Gasteiger partial charge on any atom is -0.493 e. The van der Waals surface area contributed by atoms with Crippen LogP contribution < -0.4 is 14.8 Å². The summed E-state index contributed by atoms with van der Waals surface area (Å²) in [5.74, 6) is 2.07. The number of benzene rings is 1. The summed E-state index contributed by atoms with van der Waals surface area (Å²) in [5.41, 5.74) is 3.03. The molecule has 6 heteroatoms. The third-order valence-electron chi connectivity index (χ3n) is 3.78. The first-order chi connectivity index (χ1) is 12.3. The van der Waals surface area contributed by atoms with Gasteiger partial charge < -0.3 is 14.8 Å². The average Bonchev–Trinajstić information content (AvgIpc) is 2.69. The van der Waals surface area contributed by atoms with E-state index in [0.717, 1.165) is 41.3 Å². The molecular weight excluding hydrogens is 316 g/mol. The molecule has 3 aromatic rings. The second-order valence-electron chi connectivity index (χ2n) is 5.37. The van der Waals surface area contributed by atoms with E-state index in [9.17, 15) is 0 Å². The van der Waals surface area contributed by atoms with Crippen LogP contribution in [0.25, 0.3) is 11.3 Å². The van der Waals surface area contributed by atoms with E-state index in [1.165, 1.54) is 0 Å². The van der Waals surface area contributed by atoms with E-state index in [2.05, 4.69) is 20.3 Å². The Bertz CT molecular complexity index is 825. The molecule has 6 nitrogen and oxygen atoms in total. The molecule has 0 unspecified atom stereocenters. The van der Waals surface area contributed by atoms with E-state index in [-0.39, 0.29) is 0 Å².